The number of hydrogen-bond donors (Lipinski definition) is 0. The lowest BCUT2D eigenvalue weighted by Gasteiger charge is -2.12. The summed E-state index contributed by atoms with van der Waals surface area (Å²) in [6.45, 7) is 0. The van der Waals surface area contributed by atoms with Gasteiger partial charge in [-0.25, -0.2) is 9.97 Å². The van der Waals surface area contributed by atoms with Crippen LogP contribution in [0.1, 0.15) is 0 Å². The summed E-state index contributed by atoms with van der Waals surface area (Å²) in [5.74, 6) is 0.661. The molecule has 0 fully saturated rings. The zero-order valence-corrected chi connectivity index (χ0v) is 23.2. The van der Waals surface area contributed by atoms with Gasteiger partial charge in [0.05, 0.1) is 17.1 Å². The highest BCUT2D eigenvalue weighted by Gasteiger charge is 2.16. The second-order valence-electron chi connectivity index (χ2n) is 10.4. The van der Waals surface area contributed by atoms with Crippen LogP contribution in [0.3, 0.4) is 0 Å². The van der Waals surface area contributed by atoms with Crippen molar-refractivity contribution in [3.63, 3.8) is 0 Å². The predicted molar refractivity (Wildman–Crippen MR) is 174 cm³/mol. The quantitative estimate of drug-likeness (QED) is 0.214. The van der Waals surface area contributed by atoms with Crippen LogP contribution in [0.25, 0.3) is 78.2 Å². The predicted octanol–water partition coefficient (Wildman–Crippen LogP) is 10.1. The first-order valence-corrected chi connectivity index (χ1v) is 14.3. The maximum atomic E-state index is 6.30. The van der Waals surface area contributed by atoms with Crippen molar-refractivity contribution in [3.05, 3.63) is 152 Å². The molecule has 0 bridgehead atoms. The molecule has 0 saturated carbocycles. The molecule has 3 heterocycles. The van der Waals surface area contributed by atoms with Gasteiger partial charge in [-0.15, -0.1) is 0 Å². The lowest BCUT2D eigenvalue weighted by atomic mass is 9.99. The Balaban J connectivity index is 1.25. The van der Waals surface area contributed by atoms with Crippen molar-refractivity contribution in [1.29, 1.82) is 0 Å². The van der Waals surface area contributed by atoms with Gasteiger partial charge in [0.1, 0.15) is 11.2 Å². The second-order valence-corrected chi connectivity index (χ2v) is 10.4. The van der Waals surface area contributed by atoms with E-state index in [4.69, 9.17) is 14.4 Å². The molecule has 8 aromatic rings. The summed E-state index contributed by atoms with van der Waals surface area (Å²) >= 11 is 0. The first-order chi connectivity index (χ1) is 21.3. The zero-order valence-electron chi connectivity index (χ0n) is 23.2. The van der Waals surface area contributed by atoms with Crippen molar-refractivity contribution < 1.29 is 4.42 Å². The van der Waals surface area contributed by atoms with Crippen LogP contribution in [0.5, 0.6) is 0 Å². The molecule has 4 nitrogen and oxygen atoms in total. The number of nitrogens with zero attached hydrogens (tertiary/aromatic N) is 3. The summed E-state index contributed by atoms with van der Waals surface area (Å²) in [4.78, 5) is 14.8. The minimum absolute atomic E-state index is 0.661. The summed E-state index contributed by atoms with van der Waals surface area (Å²) in [5, 5.41) is 2.25. The molecule has 0 aliphatic carbocycles. The monoisotopic (exact) mass is 551 g/mol. The number of rotatable bonds is 5. The van der Waals surface area contributed by atoms with Crippen LogP contribution in [0, 0.1) is 0 Å². The third kappa shape index (κ3) is 4.55. The van der Waals surface area contributed by atoms with Crippen LogP contribution in [0.2, 0.25) is 0 Å². The molecule has 4 heteroatoms. The Morgan fingerprint density at radius 2 is 1.05 bits per heavy atom. The smallest absolute Gasteiger partial charge is 0.161 e. The molecule has 0 amide bonds. The number of pyridine rings is 1. The van der Waals surface area contributed by atoms with E-state index >= 15 is 0 Å². The molecule has 43 heavy (non-hydrogen) atoms. The third-order valence-electron chi connectivity index (χ3n) is 7.80. The summed E-state index contributed by atoms with van der Waals surface area (Å²) in [7, 11) is 0. The lowest BCUT2D eigenvalue weighted by Crippen LogP contribution is -1.98. The highest BCUT2D eigenvalue weighted by molar-refractivity contribution is 6.09. The van der Waals surface area contributed by atoms with E-state index in [2.05, 4.69) is 83.8 Å². The van der Waals surface area contributed by atoms with Crippen LogP contribution in [-0.4, -0.2) is 15.0 Å². The standard InChI is InChI=1S/C39H25N3O/c1-2-11-27(12-3-1)35-25-36(42-39(41-35)33-15-5-4-13-30(33)34-18-8-9-24-40-34)28-22-20-26(21-23-28)29-16-10-17-32-31-14-6-7-19-37(31)43-38(29)32/h1-25H. The largest absolute Gasteiger partial charge is 0.455 e. The molecular weight excluding hydrogens is 526 g/mol. The minimum Gasteiger partial charge on any atom is -0.455 e. The van der Waals surface area contributed by atoms with E-state index in [-0.39, 0.29) is 0 Å². The Kier molecular flexibility index (Phi) is 6.08. The normalized spacial score (nSPS) is 11.3. The van der Waals surface area contributed by atoms with Gasteiger partial charge in [0.25, 0.3) is 0 Å². The topological polar surface area (TPSA) is 51.8 Å². The third-order valence-corrected chi connectivity index (χ3v) is 7.80. The second kappa shape index (κ2) is 10.5. The van der Waals surface area contributed by atoms with E-state index in [9.17, 15) is 0 Å². The molecule has 0 saturated heterocycles. The molecular formula is C39H25N3O. The van der Waals surface area contributed by atoms with Gasteiger partial charge in [-0.1, -0.05) is 121 Å². The molecule has 0 aliphatic heterocycles. The van der Waals surface area contributed by atoms with E-state index in [1.165, 1.54) is 0 Å². The molecule has 0 N–H and O–H groups in total. The van der Waals surface area contributed by atoms with Gasteiger partial charge in [-0.05, 0) is 29.8 Å². The van der Waals surface area contributed by atoms with E-state index < -0.39 is 0 Å². The maximum absolute atomic E-state index is 6.30. The molecule has 0 spiro atoms. The fraction of sp³-hybridized carbons (Fsp3) is 0. The zero-order chi connectivity index (χ0) is 28.6. The fourth-order valence-corrected chi connectivity index (χ4v) is 5.69. The molecule has 202 valence electrons. The SMILES string of the molecule is c1ccc(-c2cc(-c3ccc(-c4cccc5c4oc4ccccc45)cc3)nc(-c3ccccc3-c3ccccn3)n2)cc1. The van der Waals surface area contributed by atoms with Gasteiger partial charge in [0, 0.05) is 44.8 Å². The molecule has 0 unspecified atom stereocenters. The maximum Gasteiger partial charge on any atom is 0.161 e. The van der Waals surface area contributed by atoms with Crippen LogP contribution in [-0.2, 0) is 0 Å². The number of benzene rings is 5. The fourth-order valence-electron chi connectivity index (χ4n) is 5.69. The summed E-state index contributed by atoms with van der Waals surface area (Å²) in [6.07, 6.45) is 1.81. The summed E-state index contributed by atoms with van der Waals surface area (Å²) < 4.78 is 6.30. The molecule has 8 rings (SSSR count). The van der Waals surface area contributed by atoms with Crippen molar-refractivity contribution in [1.82, 2.24) is 15.0 Å². The number of para-hydroxylation sites is 2. The highest BCUT2D eigenvalue weighted by Crippen LogP contribution is 2.37. The van der Waals surface area contributed by atoms with Gasteiger partial charge in [-0.2, -0.15) is 0 Å². The van der Waals surface area contributed by atoms with Gasteiger partial charge in [0.2, 0.25) is 0 Å². The van der Waals surface area contributed by atoms with Crippen LogP contribution in [0.15, 0.2) is 156 Å². The van der Waals surface area contributed by atoms with E-state index in [1.54, 1.807) is 0 Å². The average Bonchev–Trinajstić information content (AvgIpc) is 3.48. The average molecular weight is 552 g/mol. The summed E-state index contributed by atoms with van der Waals surface area (Å²) in [6, 6.07) is 49.5. The first-order valence-electron chi connectivity index (χ1n) is 14.3. The highest BCUT2D eigenvalue weighted by atomic mass is 16.3. The minimum atomic E-state index is 0.661. The van der Waals surface area contributed by atoms with E-state index in [0.717, 1.165) is 72.4 Å². The molecule has 0 radical (unpaired) electrons. The van der Waals surface area contributed by atoms with Gasteiger partial charge >= 0.3 is 0 Å². The number of hydrogen-bond acceptors (Lipinski definition) is 4. The van der Waals surface area contributed by atoms with Crippen LogP contribution in [0.4, 0.5) is 0 Å². The van der Waals surface area contributed by atoms with Crippen molar-refractivity contribution in [2.75, 3.05) is 0 Å². The number of aromatic nitrogens is 3. The van der Waals surface area contributed by atoms with Crippen molar-refractivity contribution in [2.24, 2.45) is 0 Å². The first kappa shape index (κ1) is 24.9. The van der Waals surface area contributed by atoms with Crippen LogP contribution >= 0.6 is 0 Å². The van der Waals surface area contributed by atoms with Gasteiger partial charge in [0.15, 0.2) is 5.82 Å². The van der Waals surface area contributed by atoms with Gasteiger partial charge < -0.3 is 4.42 Å². The lowest BCUT2D eigenvalue weighted by molar-refractivity contribution is 0.670. The van der Waals surface area contributed by atoms with Crippen molar-refractivity contribution >= 4 is 21.9 Å². The Labute approximate surface area is 249 Å². The number of fused-ring (bicyclic) bond motifs is 3. The Morgan fingerprint density at radius 1 is 0.419 bits per heavy atom. The molecule has 0 aliphatic rings. The van der Waals surface area contributed by atoms with Crippen molar-refractivity contribution in [2.45, 2.75) is 0 Å². The van der Waals surface area contributed by atoms with E-state index in [0.29, 0.717) is 5.82 Å². The summed E-state index contributed by atoms with van der Waals surface area (Å²) in [5.41, 5.74) is 10.5. The van der Waals surface area contributed by atoms with E-state index in [1.807, 2.05) is 72.9 Å². The Hall–Kier alpha value is -5.87. The Morgan fingerprint density at radius 3 is 1.84 bits per heavy atom. The molecule has 0 atom stereocenters. The number of furan rings is 1. The van der Waals surface area contributed by atoms with Gasteiger partial charge in [-0.3, -0.25) is 4.98 Å². The molecule has 5 aromatic carbocycles. The van der Waals surface area contributed by atoms with Crippen LogP contribution < -0.4 is 0 Å². The Bertz CT molecular complexity index is 2220. The van der Waals surface area contributed by atoms with Crippen molar-refractivity contribution in [3.8, 4) is 56.3 Å². The molecule has 3 aromatic heterocycles.